The second-order valence-corrected chi connectivity index (χ2v) is 9.07. The number of ether oxygens (including phenoxy) is 3. The van der Waals surface area contributed by atoms with E-state index in [9.17, 15) is 9.59 Å². The van der Waals surface area contributed by atoms with Crippen LogP contribution in [0.2, 0.25) is 0 Å². The van der Waals surface area contributed by atoms with Crippen molar-refractivity contribution in [3.63, 3.8) is 0 Å². The zero-order chi connectivity index (χ0) is 21.9. The smallest absolute Gasteiger partial charge is 0.410 e. The predicted octanol–water partition coefficient (Wildman–Crippen LogP) is 4.01. The van der Waals surface area contributed by atoms with Gasteiger partial charge in [0.05, 0.1) is 26.2 Å². The summed E-state index contributed by atoms with van der Waals surface area (Å²) < 4.78 is 16.3. The Labute approximate surface area is 179 Å². The third-order valence-corrected chi connectivity index (χ3v) is 5.75. The molecule has 0 aliphatic carbocycles. The molecule has 7 nitrogen and oxygen atoms in total. The number of carbonyl (C=O) groups excluding carboxylic acids is 2. The van der Waals surface area contributed by atoms with Gasteiger partial charge in [0.2, 0.25) is 5.91 Å². The summed E-state index contributed by atoms with van der Waals surface area (Å²) in [6.45, 7) is 7.36. The molecule has 0 saturated carbocycles. The average Bonchev–Trinajstić information content (AvgIpc) is 3.21. The molecule has 0 spiro atoms. The number of carbonyl (C=O) groups is 2. The van der Waals surface area contributed by atoms with Gasteiger partial charge in [-0.1, -0.05) is 6.07 Å². The highest BCUT2D eigenvalue weighted by molar-refractivity contribution is 5.81. The zero-order valence-corrected chi connectivity index (χ0v) is 18.8. The summed E-state index contributed by atoms with van der Waals surface area (Å²) in [5.74, 6) is 1.29. The van der Waals surface area contributed by atoms with E-state index in [2.05, 4.69) is 0 Å². The van der Waals surface area contributed by atoms with Crippen molar-refractivity contribution in [2.24, 2.45) is 5.92 Å². The number of nitrogens with zero attached hydrogens (tertiary/aromatic N) is 2. The standard InChI is InChI=1S/C23H34N2O5/c1-23(2,3)30-22(27)24-12-6-8-17(15-24)21(26)25-13-7-9-18(25)16-10-11-19(28-4)20(14-16)29-5/h10-11,14,17-18H,6-9,12-13,15H2,1-5H3/t17-,18-/m1/s1. The van der Waals surface area contributed by atoms with Crippen LogP contribution in [-0.2, 0) is 9.53 Å². The number of piperidine rings is 1. The third kappa shape index (κ3) is 4.99. The van der Waals surface area contributed by atoms with Crippen molar-refractivity contribution in [3.8, 4) is 11.5 Å². The van der Waals surface area contributed by atoms with Gasteiger partial charge < -0.3 is 24.0 Å². The zero-order valence-electron chi connectivity index (χ0n) is 18.8. The molecule has 30 heavy (non-hydrogen) atoms. The first kappa shape index (κ1) is 22.2. The first-order valence-corrected chi connectivity index (χ1v) is 10.7. The fourth-order valence-corrected chi connectivity index (χ4v) is 4.34. The normalized spacial score (nSPS) is 22.0. The molecular formula is C23H34N2O5. The number of hydrogen-bond acceptors (Lipinski definition) is 5. The van der Waals surface area contributed by atoms with Crippen molar-refractivity contribution in [2.75, 3.05) is 33.9 Å². The predicted molar refractivity (Wildman–Crippen MR) is 114 cm³/mol. The number of benzene rings is 1. The molecule has 2 atom stereocenters. The minimum Gasteiger partial charge on any atom is -0.493 e. The van der Waals surface area contributed by atoms with E-state index in [1.807, 2.05) is 43.9 Å². The molecule has 0 unspecified atom stereocenters. The van der Waals surface area contributed by atoms with Gasteiger partial charge in [0.15, 0.2) is 11.5 Å². The molecular weight excluding hydrogens is 384 g/mol. The summed E-state index contributed by atoms with van der Waals surface area (Å²) >= 11 is 0. The van der Waals surface area contributed by atoms with Gasteiger partial charge in [-0.2, -0.15) is 0 Å². The second kappa shape index (κ2) is 9.14. The molecule has 0 aromatic heterocycles. The Morgan fingerprint density at radius 1 is 1.00 bits per heavy atom. The van der Waals surface area contributed by atoms with Crippen LogP contribution in [0.5, 0.6) is 11.5 Å². The van der Waals surface area contributed by atoms with Crippen molar-refractivity contribution in [1.82, 2.24) is 9.80 Å². The van der Waals surface area contributed by atoms with Gasteiger partial charge >= 0.3 is 6.09 Å². The molecule has 3 rings (SSSR count). The van der Waals surface area contributed by atoms with Crippen LogP contribution in [0.3, 0.4) is 0 Å². The monoisotopic (exact) mass is 418 g/mol. The van der Waals surface area contributed by atoms with E-state index in [1.54, 1.807) is 19.1 Å². The average molecular weight is 419 g/mol. The van der Waals surface area contributed by atoms with Crippen molar-refractivity contribution in [3.05, 3.63) is 23.8 Å². The van der Waals surface area contributed by atoms with Gasteiger partial charge in [0, 0.05) is 19.6 Å². The van der Waals surface area contributed by atoms with Crippen LogP contribution in [0.4, 0.5) is 4.79 Å². The van der Waals surface area contributed by atoms with Crippen LogP contribution < -0.4 is 9.47 Å². The van der Waals surface area contributed by atoms with E-state index < -0.39 is 5.60 Å². The van der Waals surface area contributed by atoms with Gasteiger partial charge in [-0.05, 0) is 64.2 Å². The van der Waals surface area contributed by atoms with Gasteiger partial charge in [-0.3, -0.25) is 4.79 Å². The Balaban J connectivity index is 1.71. The lowest BCUT2D eigenvalue weighted by Crippen LogP contribution is -2.47. The van der Waals surface area contributed by atoms with E-state index in [4.69, 9.17) is 14.2 Å². The number of methoxy groups -OCH3 is 2. The molecule has 2 saturated heterocycles. The fourth-order valence-electron chi connectivity index (χ4n) is 4.34. The molecule has 166 valence electrons. The van der Waals surface area contributed by atoms with Gasteiger partial charge in [-0.25, -0.2) is 4.79 Å². The Morgan fingerprint density at radius 3 is 2.37 bits per heavy atom. The highest BCUT2D eigenvalue weighted by Crippen LogP contribution is 2.38. The summed E-state index contributed by atoms with van der Waals surface area (Å²) in [5, 5.41) is 0. The quantitative estimate of drug-likeness (QED) is 0.739. The third-order valence-electron chi connectivity index (χ3n) is 5.75. The van der Waals surface area contributed by atoms with E-state index in [0.717, 1.165) is 37.8 Å². The second-order valence-electron chi connectivity index (χ2n) is 9.07. The highest BCUT2D eigenvalue weighted by Gasteiger charge is 2.37. The van der Waals surface area contributed by atoms with Crippen molar-refractivity contribution in [1.29, 1.82) is 0 Å². The molecule has 2 aliphatic heterocycles. The first-order valence-electron chi connectivity index (χ1n) is 10.7. The van der Waals surface area contributed by atoms with Crippen LogP contribution in [-0.4, -0.2) is 61.3 Å². The van der Waals surface area contributed by atoms with E-state index in [-0.39, 0.29) is 24.0 Å². The maximum Gasteiger partial charge on any atom is 0.410 e. The fraction of sp³-hybridized carbons (Fsp3) is 0.652. The van der Waals surface area contributed by atoms with Gasteiger partial charge in [0.1, 0.15) is 5.60 Å². The number of likely N-dealkylation sites (tertiary alicyclic amines) is 2. The van der Waals surface area contributed by atoms with Crippen LogP contribution >= 0.6 is 0 Å². The summed E-state index contributed by atoms with van der Waals surface area (Å²) in [5.41, 5.74) is 0.514. The molecule has 2 aliphatic rings. The Hall–Kier alpha value is -2.44. The van der Waals surface area contributed by atoms with Crippen LogP contribution in [0, 0.1) is 5.92 Å². The van der Waals surface area contributed by atoms with Crippen LogP contribution in [0.25, 0.3) is 0 Å². The molecule has 1 aromatic carbocycles. The van der Waals surface area contributed by atoms with Gasteiger partial charge in [-0.15, -0.1) is 0 Å². The number of hydrogen-bond donors (Lipinski definition) is 0. The molecule has 0 radical (unpaired) electrons. The maximum absolute atomic E-state index is 13.4. The minimum atomic E-state index is -0.540. The minimum absolute atomic E-state index is 0.0224. The lowest BCUT2D eigenvalue weighted by Gasteiger charge is -2.36. The summed E-state index contributed by atoms with van der Waals surface area (Å²) in [4.78, 5) is 29.5. The highest BCUT2D eigenvalue weighted by atomic mass is 16.6. The Bertz CT molecular complexity index is 773. The Kier molecular flexibility index (Phi) is 6.78. The lowest BCUT2D eigenvalue weighted by molar-refractivity contribution is -0.138. The molecule has 7 heteroatoms. The summed E-state index contributed by atoms with van der Waals surface area (Å²) in [6, 6.07) is 5.88. The molecule has 2 fully saturated rings. The molecule has 2 amide bonds. The molecule has 2 heterocycles. The number of rotatable bonds is 4. The SMILES string of the molecule is COc1ccc([C@H]2CCCN2C(=O)[C@@H]2CCCN(C(=O)OC(C)(C)C)C2)cc1OC. The maximum atomic E-state index is 13.4. The summed E-state index contributed by atoms with van der Waals surface area (Å²) in [6.07, 6.45) is 3.16. The number of amides is 2. The first-order chi connectivity index (χ1) is 14.2. The van der Waals surface area contributed by atoms with Crippen LogP contribution in [0.1, 0.15) is 58.1 Å². The van der Waals surface area contributed by atoms with Crippen molar-refractivity contribution >= 4 is 12.0 Å². The molecule has 0 bridgehead atoms. The Morgan fingerprint density at radius 2 is 1.70 bits per heavy atom. The van der Waals surface area contributed by atoms with Crippen molar-refractivity contribution < 1.29 is 23.8 Å². The van der Waals surface area contributed by atoms with Crippen molar-refractivity contribution in [2.45, 2.75) is 58.1 Å². The topological polar surface area (TPSA) is 68.3 Å². The molecule has 1 aromatic rings. The lowest BCUT2D eigenvalue weighted by atomic mass is 9.95. The van der Waals surface area contributed by atoms with E-state index in [0.29, 0.717) is 24.6 Å². The van der Waals surface area contributed by atoms with Gasteiger partial charge in [0.25, 0.3) is 0 Å². The van der Waals surface area contributed by atoms with E-state index in [1.165, 1.54) is 0 Å². The molecule has 0 N–H and O–H groups in total. The van der Waals surface area contributed by atoms with Crippen LogP contribution in [0.15, 0.2) is 18.2 Å². The largest absolute Gasteiger partial charge is 0.493 e. The summed E-state index contributed by atoms with van der Waals surface area (Å²) in [7, 11) is 3.23. The van der Waals surface area contributed by atoms with E-state index >= 15 is 0 Å².